The van der Waals surface area contributed by atoms with E-state index in [2.05, 4.69) is 43.1 Å². The van der Waals surface area contributed by atoms with Crippen LogP contribution in [-0.4, -0.2) is 61.0 Å². The second kappa shape index (κ2) is 6.43. The van der Waals surface area contributed by atoms with E-state index in [9.17, 15) is 4.79 Å². The number of carbonyl (C=O) groups is 1. The van der Waals surface area contributed by atoms with Crippen LogP contribution in [0.3, 0.4) is 0 Å². The average Bonchev–Trinajstić information content (AvgIpc) is 2.87. The van der Waals surface area contributed by atoms with Crippen molar-refractivity contribution in [2.45, 2.75) is 26.3 Å². The number of hydrogen-bond donors (Lipinski definition) is 1. The van der Waals surface area contributed by atoms with Crippen LogP contribution in [-0.2, 0) is 6.42 Å². The van der Waals surface area contributed by atoms with Crippen molar-refractivity contribution in [1.82, 2.24) is 14.8 Å². The lowest BCUT2D eigenvalue weighted by molar-refractivity contribution is 0.0781. The van der Waals surface area contributed by atoms with Gasteiger partial charge in [0.1, 0.15) is 5.82 Å². The van der Waals surface area contributed by atoms with E-state index in [1.807, 2.05) is 24.1 Å². The maximum atomic E-state index is 12.7. The second-order valence-corrected chi connectivity index (χ2v) is 6.05. The first-order chi connectivity index (χ1) is 9.96. The zero-order chi connectivity index (χ0) is 15.6. The molecule has 1 saturated heterocycles. The lowest BCUT2D eigenvalue weighted by Gasteiger charge is -2.22. The molecule has 5 heteroatoms. The monoisotopic (exact) mass is 290 g/mol. The molecular weight excluding hydrogens is 264 g/mol. The highest BCUT2D eigenvalue weighted by molar-refractivity contribution is 5.95. The molecule has 0 aliphatic carbocycles. The van der Waals surface area contributed by atoms with Crippen molar-refractivity contribution in [2.75, 3.05) is 39.5 Å². The molecule has 1 aromatic heterocycles. The van der Waals surface area contributed by atoms with Gasteiger partial charge in [0, 0.05) is 37.4 Å². The molecule has 116 valence electrons. The molecule has 5 nitrogen and oxygen atoms in total. The minimum absolute atomic E-state index is 0.111. The molecule has 2 atom stereocenters. The van der Waals surface area contributed by atoms with E-state index < -0.39 is 0 Å². The summed E-state index contributed by atoms with van der Waals surface area (Å²) in [6.45, 7) is 5.88. The Morgan fingerprint density at radius 2 is 2.14 bits per heavy atom. The number of anilines is 1. The van der Waals surface area contributed by atoms with Crippen molar-refractivity contribution in [2.24, 2.45) is 5.92 Å². The number of rotatable bonds is 4. The molecule has 21 heavy (non-hydrogen) atoms. The molecule has 0 spiro atoms. The van der Waals surface area contributed by atoms with Crippen LogP contribution in [0.25, 0.3) is 0 Å². The highest BCUT2D eigenvalue weighted by atomic mass is 16.2. The third-order valence-electron chi connectivity index (χ3n) is 4.27. The van der Waals surface area contributed by atoms with Crippen molar-refractivity contribution < 1.29 is 4.79 Å². The molecule has 2 rings (SSSR count). The minimum Gasteiger partial charge on any atom is -0.373 e. The number of amides is 1. The fourth-order valence-corrected chi connectivity index (χ4v) is 2.99. The third-order valence-corrected chi connectivity index (χ3v) is 4.27. The molecule has 1 aliphatic rings. The molecule has 1 amide bonds. The Hall–Kier alpha value is -1.62. The minimum atomic E-state index is 0.111. The summed E-state index contributed by atoms with van der Waals surface area (Å²) in [6.07, 6.45) is 0.826. The number of pyridine rings is 1. The smallest absolute Gasteiger partial charge is 0.254 e. The van der Waals surface area contributed by atoms with Crippen LogP contribution in [0, 0.1) is 5.92 Å². The first-order valence-electron chi connectivity index (χ1n) is 7.60. The summed E-state index contributed by atoms with van der Waals surface area (Å²) < 4.78 is 0. The Balaban J connectivity index is 2.21. The van der Waals surface area contributed by atoms with Crippen molar-refractivity contribution >= 4 is 11.7 Å². The number of likely N-dealkylation sites (tertiary alicyclic amines) is 1. The lowest BCUT2D eigenvalue weighted by atomic mass is 10.1. The van der Waals surface area contributed by atoms with Gasteiger partial charge >= 0.3 is 0 Å². The maximum Gasteiger partial charge on any atom is 0.254 e. The topological polar surface area (TPSA) is 48.5 Å². The van der Waals surface area contributed by atoms with Gasteiger partial charge in [-0.15, -0.1) is 0 Å². The van der Waals surface area contributed by atoms with Crippen molar-refractivity contribution in [1.29, 1.82) is 0 Å². The van der Waals surface area contributed by atoms with Crippen LogP contribution in [0.4, 0.5) is 5.82 Å². The van der Waals surface area contributed by atoms with E-state index in [1.165, 1.54) is 0 Å². The van der Waals surface area contributed by atoms with Crippen LogP contribution < -0.4 is 5.32 Å². The van der Waals surface area contributed by atoms with Gasteiger partial charge in [-0.2, -0.15) is 0 Å². The van der Waals surface area contributed by atoms with E-state index in [0.717, 1.165) is 36.6 Å². The van der Waals surface area contributed by atoms with Gasteiger partial charge in [-0.05, 0) is 38.6 Å². The van der Waals surface area contributed by atoms with Gasteiger partial charge in [0.15, 0.2) is 0 Å². The van der Waals surface area contributed by atoms with E-state index in [-0.39, 0.29) is 5.91 Å². The molecule has 2 heterocycles. The summed E-state index contributed by atoms with van der Waals surface area (Å²) in [6, 6.07) is 4.19. The summed E-state index contributed by atoms with van der Waals surface area (Å²) in [5.41, 5.74) is 1.68. The Morgan fingerprint density at radius 3 is 2.67 bits per heavy atom. The second-order valence-electron chi connectivity index (χ2n) is 6.05. The largest absolute Gasteiger partial charge is 0.373 e. The maximum absolute atomic E-state index is 12.7. The van der Waals surface area contributed by atoms with Crippen molar-refractivity contribution in [3.05, 3.63) is 23.4 Å². The van der Waals surface area contributed by atoms with Crippen LogP contribution >= 0.6 is 0 Å². The van der Waals surface area contributed by atoms with E-state index in [4.69, 9.17) is 0 Å². The predicted octanol–water partition coefficient (Wildman–Crippen LogP) is 1.71. The first-order valence-corrected chi connectivity index (χ1v) is 7.60. The molecular formula is C16H26N4O. The van der Waals surface area contributed by atoms with Gasteiger partial charge < -0.3 is 15.1 Å². The van der Waals surface area contributed by atoms with Gasteiger partial charge in [0.05, 0.1) is 0 Å². The summed E-state index contributed by atoms with van der Waals surface area (Å²) in [4.78, 5) is 21.4. The lowest BCUT2D eigenvalue weighted by Crippen LogP contribution is -2.35. The fourth-order valence-electron chi connectivity index (χ4n) is 2.99. The predicted molar refractivity (Wildman–Crippen MR) is 85.7 cm³/mol. The number of aryl methyl sites for hydroxylation is 1. The van der Waals surface area contributed by atoms with Gasteiger partial charge in [-0.3, -0.25) is 4.79 Å². The molecule has 1 fully saturated rings. The van der Waals surface area contributed by atoms with Crippen molar-refractivity contribution in [3.8, 4) is 0 Å². The van der Waals surface area contributed by atoms with E-state index >= 15 is 0 Å². The highest BCUT2D eigenvalue weighted by Gasteiger charge is 2.34. The number of hydrogen-bond acceptors (Lipinski definition) is 4. The number of carbonyl (C=O) groups excluding carboxylic acids is 1. The van der Waals surface area contributed by atoms with Crippen molar-refractivity contribution in [3.63, 3.8) is 0 Å². The first kappa shape index (κ1) is 15.8. The Labute approximate surface area is 127 Å². The SMILES string of the molecule is CCc1cc(C(=O)N2CC(C)C(N(C)C)C2)cc(NC)n1. The van der Waals surface area contributed by atoms with Gasteiger partial charge in [-0.1, -0.05) is 13.8 Å². The fraction of sp³-hybridized carbons (Fsp3) is 0.625. The van der Waals surface area contributed by atoms with Gasteiger partial charge in [0.25, 0.3) is 5.91 Å². The molecule has 1 aromatic rings. The molecule has 1 N–H and O–H groups in total. The molecule has 0 saturated carbocycles. The van der Waals surface area contributed by atoms with E-state index in [1.54, 1.807) is 0 Å². The standard InChI is InChI=1S/C16H26N4O/c1-6-13-7-12(8-15(17-3)18-13)16(21)20-9-11(2)14(10-20)19(4)5/h7-8,11,14H,6,9-10H2,1-5H3,(H,17,18). The molecule has 0 bridgehead atoms. The van der Waals surface area contributed by atoms with Crippen LogP contribution in [0.2, 0.25) is 0 Å². The highest BCUT2D eigenvalue weighted by Crippen LogP contribution is 2.23. The zero-order valence-electron chi connectivity index (χ0n) is 13.7. The quantitative estimate of drug-likeness (QED) is 0.917. The third kappa shape index (κ3) is 3.35. The average molecular weight is 290 g/mol. The van der Waals surface area contributed by atoms with E-state index in [0.29, 0.717) is 12.0 Å². The molecule has 0 radical (unpaired) electrons. The van der Waals surface area contributed by atoms with Gasteiger partial charge in [0.2, 0.25) is 0 Å². The number of likely N-dealkylation sites (N-methyl/N-ethyl adjacent to an activating group) is 1. The Kier molecular flexibility index (Phi) is 4.83. The Bertz CT molecular complexity index is 493. The van der Waals surface area contributed by atoms with Crippen LogP contribution in [0.15, 0.2) is 12.1 Å². The number of nitrogens with zero attached hydrogens (tertiary/aromatic N) is 3. The molecule has 2 unspecified atom stereocenters. The number of nitrogens with one attached hydrogen (secondary N) is 1. The number of aromatic nitrogens is 1. The van der Waals surface area contributed by atoms with Crippen LogP contribution in [0.5, 0.6) is 0 Å². The van der Waals surface area contributed by atoms with Gasteiger partial charge in [-0.25, -0.2) is 4.98 Å². The molecule has 0 aromatic carbocycles. The normalized spacial score (nSPS) is 21.9. The van der Waals surface area contributed by atoms with Crippen LogP contribution in [0.1, 0.15) is 29.9 Å². The summed E-state index contributed by atoms with van der Waals surface area (Å²) in [5, 5.41) is 3.03. The zero-order valence-corrected chi connectivity index (χ0v) is 13.7. The molecule has 1 aliphatic heterocycles. The summed E-state index contributed by atoms with van der Waals surface area (Å²) >= 11 is 0. The summed E-state index contributed by atoms with van der Waals surface area (Å²) in [5.74, 6) is 1.37. The Morgan fingerprint density at radius 1 is 1.43 bits per heavy atom. The summed E-state index contributed by atoms with van der Waals surface area (Å²) in [7, 11) is 5.99.